The summed E-state index contributed by atoms with van der Waals surface area (Å²) < 4.78 is 102. The molecule has 1 N–H and O–H groups in total. The van der Waals surface area contributed by atoms with E-state index in [1.807, 2.05) is 0 Å². The van der Waals surface area contributed by atoms with Gasteiger partial charge in [-0.25, -0.2) is 13.2 Å². The van der Waals surface area contributed by atoms with Crippen LogP contribution in [0.2, 0.25) is 0 Å². The van der Waals surface area contributed by atoms with Crippen LogP contribution in [0.5, 0.6) is 0 Å². The lowest BCUT2D eigenvalue weighted by Crippen LogP contribution is -2.42. The van der Waals surface area contributed by atoms with E-state index in [0.717, 1.165) is 12.1 Å². The van der Waals surface area contributed by atoms with Crippen LogP contribution in [0.4, 0.5) is 26.3 Å². The minimum atomic E-state index is -5.03. The zero-order chi connectivity index (χ0) is 21.5. The first kappa shape index (κ1) is 22.0. The first-order valence-electron chi connectivity index (χ1n) is 7.63. The Labute approximate surface area is 154 Å². The summed E-state index contributed by atoms with van der Waals surface area (Å²) in [5.41, 5.74) is -1.48. The number of nitrogens with zero attached hydrogens (tertiary/aromatic N) is 1. The fourth-order valence-corrected chi connectivity index (χ4v) is 4.84. The van der Waals surface area contributed by atoms with E-state index in [-0.39, 0.29) is 4.90 Å². The standard InChI is InChI=1S/C15H13F6NO5S/c16-14(17,18)6-12(23)22-7-8(5-10(22)13(24)25)28(26,27)11-4-2-1-3-9(11)15(19,20)21/h1-4,8,10H,5-7H2,(H,24,25)/t8-,10+/m1/s1. The fourth-order valence-electron chi connectivity index (χ4n) is 2.93. The molecule has 0 aromatic heterocycles. The molecule has 1 heterocycles. The highest BCUT2D eigenvalue weighted by atomic mass is 32.2. The number of aliphatic carboxylic acids is 1. The zero-order valence-electron chi connectivity index (χ0n) is 13.8. The molecule has 2 rings (SSSR count). The topological polar surface area (TPSA) is 91.8 Å². The van der Waals surface area contributed by atoms with Crippen molar-refractivity contribution < 1.29 is 49.5 Å². The summed E-state index contributed by atoms with van der Waals surface area (Å²) in [5, 5.41) is 7.32. The predicted octanol–water partition coefficient (Wildman–Crippen LogP) is 2.49. The van der Waals surface area contributed by atoms with Crippen LogP contribution in [0.25, 0.3) is 0 Å². The van der Waals surface area contributed by atoms with Gasteiger partial charge in [0.2, 0.25) is 5.91 Å². The molecule has 1 aromatic rings. The third kappa shape index (κ3) is 4.56. The van der Waals surface area contributed by atoms with Crippen molar-refractivity contribution in [3.63, 3.8) is 0 Å². The number of carboxylic acids is 1. The molecule has 1 amide bonds. The Morgan fingerprint density at radius 1 is 1.11 bits per heavy atom. The van der Waals surface area contributed by atoms with Crippen LogP contribution in [0.15, 0.2) is 29.2 Å². The summed E-state index contributed by atoms with van der Waals surface area (Å²) in [4.78, 5) is 22.2. The number of likely N-dealkylation sites (tertiary alicyclic amines) is 1. The number of halogens is 6. The van der Waals surface area contributed by atoms with Gasteiger partial charge in [0.1, 0.15) is 12.5 Å². The maximum Gasteiger partial charge on any atom is 0.417 e. The number of carbonyl (C=O) groups is 2. The molecule has 13 heteroatoms. The Bertz CT molecular complexity index is 880. The SMILES string of the molecule is O=C(O)[C@@H]1C[C@@H](S(=O)(=O)c2ccccc2C(F)(F)F)CN1C(=O)CC(F)(F)F. The highest BCUT2D eigenvalue weighted by Gasteiger charge is 2.49. The molecule has 28 heavy (non-hydrogen) atoms. The molecule has 0 spiro atoms. The maximum atomic E-state index is 13.1. The monoisotopic (exact) mass is 433 g/mol. The highest BCUT2D eigenvalue weighted by molar-refractivity contribution is 7.92. The molecule has 1 aliphatic heterocycles. The quantitative estimate of drug-likeness (QED) is 0.737. The lowest BCUT2D eigenvalue weighted by molar-refractivity contribution is -0.165. The van der Waals surface area contributed by atoms with E-state index in [4.69, 9.17) is 5.11 Å². The second kappa shape index (κ2) is 7.26. The van der Waals surface area contributed by atoms with Crippen LogP contribution in [-0.2, 0) is 25.6 Å². The first-order chi connectivity index (χ1) is 12.6. The van der Waals surface area contributed by atoms with Crippen molar-refractivity contribution in [1.82, 2.24) is 4.90 Å². The molecule has 6 nitrogen and oxygen atoms in total. The Hall–Kier alpha value is -2.31. The molecule has 1 fully saturated rings. The normalized spacial score (nSPS) is 21.0. The van der Waals surface area contributed by atoms with E-state index in [0.29, 0.717) is 12.1 Å². The lowest BCUT2D eigenvalue weighted by atomic mass is 10.2. The summed E-state index contributed by atoms with van der Waals surface area (Å²) in [5.74, 6) is -3.42. The van der Waals surface area contributed by atoms with Gasteiger partial charge in [-0.3, -0.25) is 4.79 Å². The number of benzene rings is 1. The number of amides is 1. The lowest BCUT2D eigenvalue weighted by Gasteiger charge is -2.22. The van der Waals surface area contributed by atoms with Crippen LogP contribution in [-0.4, -0.2) is 54.3 Å². The van der Waals surface area contributed by atoms with Gasteiger partial charge < -0.3 is 10.0 Å². The number of hydrogen-bond donors (Lipinski definition) is 1. The predicted molar refractivity (Wildman–Crippen MR) is 80.8 cm³/mol. The summed E-state index contributed by atoms with van der Waals surface area (Å²) in [6.45, 7) is -0.958. The maximum absolute atomic E-state index is 13.1. The average molecular weight is 433 g/mol. The minimum Gasteiger partial charge on any atom is -0.480 e. The van der Waals surface area contributed by atoms with E-state index < -0.39 is 75.2 Å². The molecule has 1 saturated heterocycles. The van der Waals surface area contributed by atoms with Gasteiger partial charge in [-0.1, -0.05) is 12.1 Å². The van der Waals surface area contributed by atoms with Crippen LogP contribution in [0.1, 0.15) is 18.4 Å². The van der Waals surface area contributed by atoms with Crippen LogP contribution < -0.4 is 0 Å². The van der Waals surface area contributed by atoms with Gasteiger partial charge in [0.15, 0.2) is 9.84 Å². The Kier molecular flexibility index (Phi) is 5.70. The number of carboxylic acid groups (broad SMARTS) is 1. The van der Waals surface area contributed by atoms with Gasteiger partial charge in [0.25, 0.3) is 0 Å². The summed E-state index contributed by atoms with van der Waals surface area (Å²) in [6, 6.07) is 1.28. The van der Waals surface area contributed by atoms with Crippen molar-refractivity contribution in [3.8, 4) is 0 Å². The number of hydrogen-bond acceptors (Lipinski definition) is 4. The van der Waals surface area contributed by atoms with Gasteiger partial charge in [-0.15, -0.1) is 0 Å². The zero-order valence-corrected chi connectivity index (χ0v) is 14.6. The van der Waals surface area contributed by atoms with E-state index in [2.05, 4.69) is 0 Å². The fraction of sp³-hybridized carbons (Fsp3) is 0.467. The van der Waals surface area contributed by atoms with Gasteiger partial charge in [0, 0.05) is 6.54 Å². The minimum absolute atomic E-state index is 0.230. The molecule has 0 aliphatic carbocycles. The van der Waals surface area contributed by atoms with Gasteiger partial charge in [-0.05, 0) is 18.6 Å². The molecular weight excluding hydrogens is 420 g/mol. The molecule has 156 valence electrons. The van der Waals surface area contributed by atoms with Crippen molar-refractivity contribution in [2.24, 2.45) is 0 Å². The third-order valence-electron chi connectivity index (χ3n) is 4.16. The van der Waals surface area contributed by atoms with Crippen molar-refractivity contribution in [2.45, 2.75) is 41.4 Å². The van der Waals surface area contributed by atoms with Crippen molar-refractivity contribution in [1.29, 1.82) is 0 Å². The number of rotatable bonds is 4. The summed E-state index contributed by atoms with van der Waals surface area (Å²) in [7, 11) is -4.79. The molecular formula is C15H13F6NO5S. The summed E-state index contributed by atoms with van der Waals surface area (Å²) in [6.07, 6.45) is -12.8. The molecule has 0 unspecified atom stereocenters. The molecule has 0 saturated carbocycles. The van der Waals surface area contributed by atoms with E-state index >= 15 is 0 Å². The van der Waals surface area contributed by atoms with Crippen molar-refractivity contribution in [2.75, 3.05) is 6.54 Å². The largest absolute Gasteiger partial charge is 0.480 e. The van der Waals surface area contributed by atoms with E-state index in [1.165, 1.54) is 0 Å². The molecule has 0 bridgehead atoms. The van der Waals surface area contributed by atoms with Crippen LogP contribution in [0.3, 0.4) is 0 Å². The van der Waals surface area contributed by atoms with Crippen LogP contribution >= 0.6 is 0 Å². The number of alkyl halides is 6. The molecule has 1 aromatic carbocycles. The number of carbonyl (C=O) groups excluding carboxylic acids is 1. The van der Waals surface area contributed by atoms with Gasteiger partial charge >= 0.3 is 18.3 Å². The second-order valence-corrected chi connectivity index (χ2v) is 8.29. The first-order valence-corrected chi connectivity index (χ1v) is 9.18. The smallest absolute Gasteiger partial charge is 0.417 e. The average Bonchev–Trinajstić information content (AvgIpc) is 2.99. The Morgan fingerprint density at radius 3 is 2.18 bits per heavy atom. The van der Waals surface area contributed by atoms with Crippen molar-refractivity contribution in [3.05, 3.63) is 29.8 Å². The van der Waals surface area contributed by atoms with E-state index in [1.54, 1.807) is 0 Å². The second-order valence-electron chi connectivity index (χ2n) is 6.09. The van der Waals surface area contributed by atoms with Crippen LogP contribution in [0, 0.1) is 0 Å². The van der Waals surface area contributed by atoms with Gasteiger partial charge in [0.05, 0.1) is 15.7 Å². The summed E-state index contributed by atoms with van der Waals surface area (Å²) >= 11 is 0. The van der Waals surface area contributed by atoms with E-state index in [9.17, 15) is 44.3 Å². The van der Waals surface area contributed by atoms with Crippen molar-refractivity contribution >= 4 is 21.7 Å². The molecule has 0 radical (unpaired) electrons. The Morgan fingerprint density at radius 2 is 1.68 bits per heavy atom. The molecule has 1 aliphatic rings. The molecule has 2 atom stereocenters. The third-order valence-corrected chi connectivity index (χ3v) is 6.35. The highest BCUT2D eigenvalue weighted by Crippen LogP contribution is 2.38. The van der Waals surface area contributed by atoms with Gasteiger partial charge in [-0.2, -0.15) is 26.3 Å². The number of sulfone groups is 1. The Balaban J connectivity index is 2.41.